The Balaban J connectivity index is 2.28. The number of pyridine rings is 1. The number of aliphatic hydroxyl groups excluding tert-OH is 1. The summed E-state index contributed by atoms with van der Waals surface area (Å²) in [5.74, 6) is 0. The fourth-order valence-electron chi connectivity index (χ4n) is 1.56. The number of likely N-dealkylation sites (N-methyl/N-ethyl adjacent to an activating group) is 1. The maximum atomic E-state index is 8.76. The van der Waals surface area contributed by atoms with Gasteiger partial charge in [0.05, 0.1) is 0 Å². The van der Waals surface area contributed by atoms with Gasteiger partial charge in [-0.05, 0) is 31.0 Å². The summed E-state index contributed by atoms with van der Waals surface area (Å²) < 4.78 is 0. The first kappa shape index (κ1) is 12.1. The molecule has 0 bridgehead atoms. The molecule has 0 aromatic carbocycles. The summed E-state index contributed by atoms with van der Waals surface area (Å²) >= 11 is 0. The van der Waals surface area contributed by atoms with Gasteiger partial charge >= 0.3 is 0 Å². The van der Waals surface area contributed by atoms with Gasteiger partial charge in [0.15, 0.2) is 0 Å². The molecule has 1 heterocycles. The summed E-state index contributed by atoms with van der Waals surface area (Å²) in [6, 6.07) is 4.08. The molecule has 3 heteroatoms. The zero-order chi connectivity index (χ0) is 10.9. The molecule has 1 aromatic heterocycles. The van der Waals surface area contributed by atoms with Crippen molar-refractivity contribution >= 4 is 0 Å². The highest BCUT2D eigenvalue weighted by atomic mass is 16.3. The van der Waals surface area contributed by atoms with E-state index in [-0.39, 0.29) is 6.61 Å². The van der Waals surface area contributed by atoms with Gasteiger partial charge in [0.25, 0.3) is 0 Å². The van der Waals surface area contributed by atoms with E-state index in [0.29, 0.717) is 0 Å². The van der Waals surface area contributed by atoms with Crippen molar-refractivity contribution in [1.29, 1.82) is 0 Å². The van der Waals surface area contributed by atoms with E-state index < -0.39 is 0 Å². The quantitative estimate of drug-likeness (QED) is 0.734. The average molecular weight is 208 g/mol. The van der Waals surface area contributed by atoms with Crippen LogP contribution in [0.2, 0.25) is 0 Å². The Morgan fingerprint density at radius 3 is 2.87 bits per heavy atom. The van der Waals surface area contributed by atoms with Gasteiger partial charge in [0.2, 0.25) is 0 Å². The molecule has 0 atom stereocenters. The van der Waals surface area contributed by atoms with Gasteiger partial charge < -0.3 is 10.0 Å². The number of aliphatic hydroxyl groups is 1. The highest BCUT2D eigenvalue weighted by Gasteiger charge is 2.01. The third-order valence-electron chi connectivity index (χ3n) is 2.52. The van der Waals surface area contributed by atoms with E-state index in [4.69, 9.17) is 5.11 Å². The van der Waals surface area contributed by atoms with Crippen LogP contribution >= 0.6 is 0 Å². The van der Waals surface area contributed by atoms with Crippen molar-refractivity contribution in [3.8, 4) is 0 Å². The van der Waals surface area contributed by atoms with Crippen LogP contribution in [0.15, 0.2) is 24.5 Å². The Morgan fingerprint density at radius 2 is 2.27 bits per heavy atom. The molecule has 0 amide bonds. The second kappa shape index (κ2) is 7.37. The lowest BCUT2D eigenvalue weighted by Gasteiger charge is -2.19. The van der Waals surface area contributed by atoms with Crippen LogP contribution < -0.4 is 0 Å². The summed E-state index contributed by atoms with van der Waals surface area (Å²) in [7, 11) is 0. The molecular weight excluding hydrogens is 188 g/mol. The van der Waals surface area contributed by atoms with Crippen LogP contribution in [0.4, 0.5) is 0 Å². The highest BCUT2D eigenvalue weighted by Crippen LogP contribution is 2.00. The van der Waals surface area contributed by atoms with E-state index in [1.165, 1.54) is 5.56 Å². The van der Waals surface area contributed by atoms with E-state index in [2.05, 4.69) is 22.9 Å². The molecule has 1 aromatic rings. The van der Waals surface area contributed by atoms with Crippen molar-refractivity contribution in [1.82, 2.24) is 9.88 Å². The fourth-order valence-corrected chi connectivity index (χ4v) is 1.56. The second-order valence-corrected chi connectivity index (χ2v) is 3.62. The molecule has 0 aliphatic carbocycles. The molecule has 84 valence electrons. The smallest absolute Gasteiger partial charge is 0.0443 e. The number of rotatable bonds is 7. The number of nitrogens with zero attached hydrogens (tertiary/aromatic N) is 2. The van der Waals surface area contributed by atoms with Crippen molar-refractivity contribution in [2.75, 3.05) is 26.2 Å². The number of hydrogen-bond acceptors (Lipinski definition) is 3. The third kappa shape index (κ3) is 4.91. The molecule has 1 N–H and O–H groups in total. The summed E-state index contributed by atoms with van der Waals surface area (Å²) in [6.07, 6.45) is 5.61. The first-order chi connectivity index (χ1) is 7.36. The van der Waals surface area contributed by atoms with Crippen LogP contribution in [0.5, 0.6) is 0 Å². The van der Waals surface area contributed by atoms with Gasteiger partial charge in [0, 0.05) is 32.1 Å². The Kier molecular flexibility index (Phi) is 5.97. The van der Waals surface area contributed by atoms with Gasteiger partial charge in [-0.3, -0.25) is 4.98 Å². The molecule has 0 fully saturated rings. The molecule has 1 rings (SSSR count). The summed E-state index contributed by atoms with van der Waals surface area (Å²) in [6.45, 7) is 5.50. The summed E-state index contributed by atoms with van der Waals surface area (Å²) in [5, 5.41) is 8.76. The van der Waals surface area contributed by atoms with Gasteiger partial charge in [-0.15, -0.1) is 0 Å². The number of aromatic nitrogens is 1. The van der Waals surface area contributed by atoms with Gasteiger partial charge in [-0.25, -0.2) is 0 Å². The first-order valence-corrected chi connectivity index (χ1v) is 5.59. The van der Waals surface area contributed by atoms with E-state index in [1.54, 1.807) is 6.20 Å². The van der Waals surface area contributed by atoms with Gasteiger partial charge in [0.1, 0.15) is 0 Å². The van der Waals surface area contributed by atoms with E-state index in [1.807, 2.05) is 12.3 Å². The topological polar surface area (TPSA) is 36.4 Å². The minimum absolute atomic E-state index is 0.281. The Bertz CT molecular complexity index is 251. The summed E-state index contributed by atoms with van der Waals surface area (Å²) in [4.78, 5) is 6.44. The predicted octanol–water partition coefficient (Wildman–Crippen LogP) is 1.33. The molecule has 0 saturated carbocycles. The fraction of sp³-hybridized carbons (Fsp3) is 0.583. The first-order valence-electron chi connectivity index (χ1n) is 5.59. The largest absolute Gasteiger partial charge is 0.396 e. The van der Waals surface area contributed by atoms with Crippen molar-refractivity contribution < 1.29 is 5.11 Å². The molecule has 0 saturated heterocycles. The molecule has 0 aliphatic rings. The lowest BCUT2D eigenvalue weighted by Crippen LogP contribution is -2.27. The Morgan fingerprint density at radius 1 is 1.40 bits per heavy atom. The molecular formula is C12H20N2O. The second-order valence-electron chi connectivity index (χ2n) is 3.62. The zero-order valence-electron chi connectivity index (χ0n) is 9.39. The van der Waals surface area contributed by atoms with E-state index in [0.717, 1.165) is 32.5 Å². The maximum absolute atomic E-state index is 8.76. The van der Waals surface area contributed by atoms with Crippen LogP contribution in [0.25, 0.3) is 0 Å². The van der Waals surface area contributed by atoms with Crippen molar-refractivity contribution in [3.63, 3.8) is 0 Å². The minimum Gasteiger partial charge on any atom is -0.396 e. The van der Waals surface area contributed by atoms with Crippen molar-refractivity contribution in [2.24, 2.45) is 0 Å². The summed E-state index contributed by atoms with van der Waals surface area (Å²) in [5.41, 5.74) is 1.28. The van der Waals surface area contributed by atoms with Crippen LogP contribution in [0.1, 0.15) is 18.9 Å². The maximum Gasteiger partial charge on any atom is 0.0443 e. The van der Waals surface area contributed by atoms with Crippen molar-refractivity contribution in [3.05, 3.63) is 30.1 Å². The molecule has 0 unspecified atom stereocenters. The molecule has 0 aliphatic heterocycles. The van der Waals surface area contributed by atoms with Crippen LogP contribution in [0, 0.1) is 0 Å². The standard InChI is InChI=1S/C12H20N2O/c1-2-14(8-4-10-15)9-6-12-5-3-7-13-11-12/h3,5,7,11,15H,2,4,6,8-10H2,1H3. The van der Waals surface area contributed by atoms with Crippen LogP contribution in [0.3, 0.4) is 0 Å². The zero-order valence-corrected chi connectivity index (χ0v) is 9.39. The highest BCUT2D eigenvalue weighted by molar-refractivity contribution is 5.08. The van der Waals surface area contributed by atoms with Crippen LogP contribution in [-0.2, 0) is 6.42 Å². The molecule has 0 spiro atoms. The third-order valence-corrected chi connectivity index (χ3v) is 2.52. The van der Waals surface area contributed by atoms with Gasteiger partial charge in [-0.1, -0.05) is 13.0 Å². The molecule has 15 heavy (non-hydrogen) atoms. The Labute approximate surface area is 91.8 Å². The van der Waals surface area contributed by atoms with E-state index in [9.17, 15) is 0 Å². The minimum atomic E-state index is 0.281. The predicted molar refractivity (Wildman–Crippen MR) is 61.8 cm³/mol. The van der Waals surface area contributed by atoms with Crippen molar-refractivity contribution in [2.45, 2.75) is 19.8 Å². The SMILES string of the molecule is CCN(CCCO)CCc1cccnc1. The monoisotopic (exact) mass is 208 g/mol. The number of hydrogen-bond donors (Lipinski definition) is 1. The molecule has 3 nitrogen and oxygen atoms in total. The Hall–Kier alpha value is -0.930. The van der Waals surface area contributed by atoms with Crippen LogP contribution in [-0.4, -0.2) is 41.2 Å². The molecule has 0 radical (unpaired) electrons. The lowest BCUT2D eigenvalue weighted by atomic mass is 10.2. The normalized spacial score (nSPS) is 10.9. The van der Waals surface area contributed by atoms with Gasteiger partial charge in [-0.2, -0.15) is 0 Å². The average Bonchev–Trinajstić information content (AvgIpc) is 2.31. The lowest BCUT2D eigenvalue weighted by molar-refractivity contribution is 0.231. The van der Waals surface area contributed by atoms with E-state index >= 15 is 0 Å².